The van der Waals surface area contributed by atoms with Gasteiger partial charge < -0.3 is 15.1 Å². The van der Waals surface area contributed by atoms with E-state index in [1.165, 1.54) is 23.0 Å². The molecule has 2 aromatic rings. The van der Waals surface area contributed by atoms with E-state index in [1.807, 2.05) is 4.90 Å². The van der Waals surface area contributed by atoms with Crippen molar-refractivity contribution in [3.05, 3.63) is 58.6 Å². The second-order valence-electron chi connectivity index (χ2n) is 9.19. The number of carbonyl (C=O) groups is 1. The molecule has 0 saturated carbocycles. The highest BCUT2D eigenvalue weighted by atomic mass is 35.5. The summed E-state index contributed by atoms with van der Waals surface area (Å²) in [5.41, 5.74) is 3.58. The standard InChI is InChI=1S/C24H27ClN4O3S2/c1-15-4-3-5-18(10-15)29-9-8-28(12-16(29)2)23(30)17-6-7-19(25)20(11-17)26-24-27-21-13-34(31,32)14-22(21)33-24/h3-7,10-11,16,21-22H,8-9,12-14H2,1-2H3,(H,26,27)/t16-,21-,22+/m1/s1. The lowest BCUT2D eigenvalue weighted by atomic mass is 10.1. The number of nitrogens with zero attached hydrogens (tertiary/aromatic N) is 3. The molecule has 3 aliphatic heterocycles. The Kier molecular flexibility index (Phi) is 6.29. The predicted molar refractivity (Wildman–Crippen MR) is 140 cm³/mol. The number of rotatable bonds is 3. The molecule has 2 fully saturated rings. The number of hydrogen-bond donors (Lipinski definition) is 1. The third-order valence-corrected chi connectivity index (χ3v) is 9.99. The molecule has 3 atom stereocenters. The molecule has 0 radical (unpaired) electrons. The number of piperazine rings is 1. The second-order valence-corrected chi connectivity index (χ2v) is 13.0. The van der Waals surface area contributed by atoms with Crippen molar-refractivity contribution in [3.8, 4) is 0 Å². The number of thioether (sulfide) groups is 1. The van der Waals surface area contributed by atoms with E-state index < -0.39 is 9.84 Å². The minimum Gasteiger partial charge on any atom is -0.365 e. The Morgan fingerprint density at radius 2 is 2.00 bits per heavy atom. The largest absolute Gasteiger partial charge is 0.365 e. The van der Waals surface area contributed by atoms with Crippen molar-refractivity contribution in [2.75, 3.05) is 41.4 Å². The summed E-state index contributed by atoms with van der Waals surface area (Å²) in [4.78, 5) is 22.1. The third-order valence-electron chi connectivity index (χ3n) is 6.52. The van der Waals surface area contributed by atoms with E-state index in [0.717, 1.165) is 6.54 Å². The molecule has 1 amide bonds. The van der Waals surface area contributed by atoms with Gasteiger partial charge in [0.25, 0.3) is 5.91 Å². The molecule has 7 nitrogen and oxygen atoms in total. The van der Waals surface area contributed by atoms with E-state index in [1.54, 1.807) is 18.2 Å². The van der Waals surface area contributed by atoms with Crippen LogP contribution in [0.1, 0.15) is 22.8 Å². The molecule has 180 valence electrons. The van der Waals surface area contributed by atoms with Gasteiger partial charge in [0.2, 0.25) is 0 Å². The fraction of sp³-hybridized carbons (Fsp3) is 0.417. The minimum atomic E-state index is -3.00. The first kappa shape index (κ1) is 23.5. The van der Waals surface area contributed by atoms with Gasteiger partial charge in [0.05, 0.1) is 28.3 Å². The Balaban J connectivity index is 1.27. The maximum atomic E-state index is 13.3. The van der Waals surface area contributed by atoms with Crippen LogP contribution in [0.5, 0.6) is 0 Å². The lowest BCUT2D eigenvalue weighted by Crippen LogP contribution is -2.53. The number of fused-ring (bicyclic) bond motifs is 1. The summed E-state index contributed by atoms with van der Waals surface area (Å²) in [6.45, 7) is 6.28. The normalized spacial score (nSPS) is 25.7. The second kappa shape index (κ2) is 9.09. The van der Waals surface area contributed by atoms with Crippen LogP contribution < -0.4 is 10.2 Å². The molecule has 1 N–H and O–H groups in total. The molecule has 0 aliphatic carbocycles. The van der Waals surface area contributed by atoms with Crippen LogP contribution in [0.3, 0.4) is 0 Å². The first-order valence-corrected chi connectivity index (χ1v) is 14.4. The van der Waals surface area contributed by atoms with Gasteiger partial charge in [-0.2, -0.15) is 0 Å². The number of halogens is 1. The van der Waals surface area contributed by atoms with Crippen molar-refractivity contribution < 1.29 is 13.2 Å². The van der Waals surface area contributed by atoms with Crippen molar-refractivity contribution >= 4 is 55.6 Å². The Morgan fingerprint density at radius 1 is 1.18 bits per heavy atom. The van der Waals surface area contributed by atoms with Crippen LogP contribution in [-0.4, -0.2) is 72.9 Å². The average molecular weight is 519 g/mol. The monoisotopic (exact) mass is 518 g/mol. The fourth-order valence-corrected chi connectivity index (χ4v) is 8.63. The number of amides is 1. The van der Waals surface area contributed by atoms with Crippen LogP contribution >= 0.6 is 23.4 Å². The molecule has 0 spiro atoms. The zero-order valence-electron chi connectivity index (χ0n) is 19.1. The molecule has 2 aromatic carbocycles. The average Bonchev–Trinajstić information content (AvgIpc) is 3.27. The lowest BCUT2D eigenvalue weighted by Gasteiger charge is -2.41. The van der Waals surface area contributed by atoms with E-state index >= 15 is 0 Å². The highest BCUT2D eigenvalue weighted by Crippen LogP contribution is 2.36. The summed E-state index contributed by atoms with van der Waals surface area (Å²) in [6.07, 6.45) is 0. The molecule has 5 rings (SSSR count). The number of aliphatic imine (C=N–C) groups is 1. The van der Waals surface area contributed by atoms with Crippen molar-refractivity contribution in [3.63, 3.8) is 0 Å². The third kappa shape index (κ3) is 4.78. The van der Waals surface area contributed by atoms with Crippen LogP contribution in [0.4, 0.5) is 11.4 Å². The zero-order chi connectivity index (χ0) is 24.0. The quantitative estimate of drug-likeness (QED) is 0.667. The summed E-state index contributed by atoms with van der Waals surface area (Å²) in [6, 6.07) is 13.7. The topological polar surface area (TPSA) is 82.1 Å². The van der Waals surface area contributed by atoms with Crippen molar-refractivity contribution in [2.24, 2.45) is 4.99 Å². The number of nitrogens with one attached hydrogen (secondary N) is 1. The maximum Gasteiger partial charge on any atom is 0.254 e. The highest BCUT2D eigenvalue weighted by molar-refractivity contribution is 8.15. The van der Waals surface area contributed by atoms with Gasteiger partial charge in [-0.3, -0.25) is 9.79 Å². The number of benzene rings is 2. The summed E-state index contributed by atoms with van der Waals surface area (Å²) in [7, 11) is -3.00. The van der Waals surface area contributed by atoms with Crippen LogP contribution in [0, 0.1) is 6.92 Å². The van der Waals surface area contributed by atoms with Gasteiger partial charge in [-0.1, -0.05) is 35.5 Å². The van der Waals surface area contributed by atoms with Gasteiger partial charge in [-0.05, 0) is 49.7 Å². The number of hydrogen-bond acceptors (Lipinski definition) is 7. The summed E-state index contributed by atoms with van der Waals surface area (Å²) >= 11 is 7.83. The van der Waals surface area contributed by atoms with Gasteiger partial charge >= 0.3 is 0 Å². The maximum absolute atomic E-state index is 13.3. The number of anilines is 2. The van der Waals surface area contributed by atoms with Crippen molar-refractivity contribution in [1.29, 1.82) is 0 Å². The van der Waals surface area contributed by atoms with Crippen molar-refractivity contribution in [1.82, 2.24) is 4.90 Å². The Labute approximate surface area is 209 Å². The molecule has 0 bridgehead atoms. The molecule has 2 saturated heterocycles. The van der Waals surface area contributed by atoms with E-state index in [9.17, 15) is 13.2 Å². The number of sulfone groups is 1. The van der Waals surface area contributed by atoms with E-state index in [4.69, 9.17) is 11.6 Å². The number of carbonyl (C=O) groups excluding carboxylic acids is 1. The lowest BCUT2D eigenvalue weighted by molar-refractivity contribution is 0.0726. The predicted octanol–water partition coefficient (Wildman–Crippen LogP) is 3.68. The Bertz CT molecular complexity index is 1270. The summed E-state index contributed by atoms with van der Waals surface area (Å²) < 4.78 is 23.6. The van der Waals surface area contributed by atoms with Crippen LogP contribution in [0.25, 0.3) is 0 Å². The van der Waals surface area contributed by atoms with Gasteiger partial charge in [-0.25, -0.2) is 8.42 Å². The molecule has 0 aromatic heterocycles. The molecular weight excluding hydrogens is 492 g/mol. The van der Waals surface area contributed by atoms with Crippen molar-refractivity contribution in [2.45, 2.75) is 31.2 Å². The van der Waals surface area contributed by atoms with Crippen LogP contribution in [0.2, 0.25) is 5.02 Å². The van der Waals surface area contributed by atoms with E-state index in [0.29, 0.717) is 34.5 Å². The van der Waals surface area contributed by atoms with E-state index in [2.05, 4.69) is 53.3 Å². The minimum absolute atomic E-state index is 0.0283. The summed E-state index contributed by atoms with van der Waals surface area (Å²) in [5, 5.41) is 4.30. The summed E-state index contributed by atoms with van der Waals surface area (Å²) in [5.74, 6) is 0.213. The van der Waals surface area contributed by atoms with Crippen LogP contribution in [-0.2, 0) is 9.84 Å². The Morgan fingerprint density at radius 3 is 2.74 bits per heavy atom. The first-order chi connectivity index (χ1) is 16.2. The van der Waals surface area contributed by atoms with Gasteiger partial charge in [-0.15, -0.1) is 0 Å². The highest BCUT2D eigenvalue weighted by Gasteiger charge is 2.42. The molecule has 10 heteroatoms. The molecule has 3 heterocycles. The van der Waals surface area contributed by atoms with Gasteiger partial charge in [0, 0.05) is 42.2 Å². The molecular formula is C24H27ClN4O3S2. The first-order valence-electron chi connectivity index (χ1n) is 11.3. The zero-order valence-corrected chi connectivity index (χ0v) is 21.5. The molecule has 34 heavy (non-hydrogen) atoms. The van der Waals surface area contributed by atoms with Gasteiger partial charge in [0.1, 0.15) is 0 Å². The molecule has 3 aliphatic rings. The SMILES string of the molecule is Cc1cccc(N2CCN(C(=O)c3ccc(Cl)c(NC4=N[C@@H]5CS(=O)(=O)C[C@@H]5S4)c3)C[C@H]2C)c1. The smallest absolute Gasteiger partial charge is 0.254 e. The van der Waals surface area contributed by atoms with Crippen LogP contribution in [0.15, 0.2) is 47.5 Å². The Hall–Kier alpha value is -2.23. The van der Waals surface area contributed by atoms with E-state index in [-0.39, 0.29) is 34.7 Å². The fourth-order valence-electron chi connectivity index (χ4n) is 4.80. The number of amidine groups is 1. The molecule has 0 unspecified atom stereocenters. The number of aryl methyl sites for hydroxylation is 1. The van der Waals surface area contributed by atoms with Gasteiger partial charge in [0.15, 0.2) is 15.0 Å².